The summed E-state index contributed by atoms with van der Waals surface area (Å²) < 4.78 is 5.26. The van der Waals surface area contributed by atoms with Crippen molar-refractivity contribution in [2.24, 2.45) is 5.92 Å². The largest absolute Gasteiger partial charge is 0.601 e. The molecule has 16 heavy (non-hydrogen) atoms. The second-order valence-electron chi connectivity index (χ2n) is 4.69. The van der Waals surface area contributed by atoms with E-state index in [0.717, 1.165) is 18.2 Å². The van der Waals surface area contributed by atoms with Crippen molar-refractivity contribution in [3.8, 4) is 0 Å². The summed E-state index contributed by atoms with van der Waals surface area (Å²) in [5.74, 6) is 0.875. The normalized spacial score (nSPS) is 29.2. The summed E-state index contributed by atoms with van der Waals surface area (Å²) in [5, 5.41) is 12.9. The lowest BCUT2D eigenvalue weighted by Gasteiger charge is -2.58. The summed E-state index contributed by atoms with van der Waals surface area (Å²) in [6, 6.07) is 0.674. The van der Waals surface area contributed by atoms with Gasteiger partial charge in [0.1, 0.15) is 0 Å². The average molecular weight is 224 g/mol. The number of aliphatic hydroxyl groups is 1. The highest BCUT2D eigenvalue weighted by atomic mass is 16.5. The third kappa shape index (κ3) is 1.69. The summed E-state index contributed by atoms with van der Waals surface area (Å²) >= 11 is 0. The van der Waals surface area contributed by atoms with Crippen molar-refractivity contribution in [2.75, 3.05) is 26.4 Å². The zero-order chi connectivity index (χ0) is 11.0. The highest BCUT2D eigenvalue weighted by Crippen LogP contribution is 2.42. The Balaban J connectivity index is 1.49. The highest BCUT2D eigenvalue weighted by molar-refractivity contribution is 5.24. The number of rotatable bonds is 5. The molecule has 0 aromatic carbocycles. The molecule has 5 nitrogen and oxygen atoms in total. The first-order chi connectivity index (χ1) is 7.88. The van der Waals surface area contributed by atoms with Crippen LogP contribution in [0.2, 0.25) is 0 Å². The Kier molecular flexibility index (Phi) is 2.75. The molecule has 1 N–H and O–H groups in total. The van der Waals surface area contributed by atoms with Gasteiger partial charge in [-0.3, -0.25) is 5.12 Å². The lowest BCUT2D eigenvalue weighted by Crippen LogP contribution is -2.61. The number of nitrogens with zero attached hydrogens (tertiary/aromatic N) is 3. The van der Waals surface area contributed by atoms with Gasteiger partial charge in [0, 0.05) is 6.54 Å². The Labute approximate surface area is 95.6 Å². The fourth-order valence-electron chi connectivity index (χ4n) is 2.50. The molecule has 0 amide bonds. The van der Waals surface area contributed by atoms with E-state index in [-0.39, 0.29) is 6.61 Å². The summed E-state index contributed by atoms with van der Waals surface area (Å²) in [4.78, 5) is 0. The van der Waals surface area contributed by atoms with Gasteiger partial charge in [-0.05, 0) is 25.0 Å². The molecule has 0 spiro atoms. The van der Waals surface area contributed by atoms with Gasteiger partial charge in [0.25, 0.3) is 0 Å². The van der Waals surface area contributed by atoms with Crippen LogP contribution in [0.15, 0.2) is 11.9 Å². The van der Waals surface area contributed by atoms with Crippen molar-refractivity contribution in [3.63, 3.8) is 0 Å². The van der Waals surface area contributed by atoms with Gasteiger partial charge in [0.05, 0.1) is 25.9 Å². The molecule has 1 saturated heterocycles. The van der Waals surface area contributed by atoms with E-state index < -0.39 is 0 Å². The standard InChI is InChI=1S/C11H18N3O2/c15-4-5-16-8-10-6-13-11(7-14(13)12-10)9-2-1-3-9/h6,9,11,15H,1-5,7-8H2/q-1. The molecule has 3 aliphatic rings. The Morgan fingerprint density at radius 3 is 3.06 bits per heavy atom. The molecule has 0 aromatic rings. The molecule has 0 radical (unpaired) electrons. The summed E-state index contributed by atoms with van der Waals surface area (Å²) in [5.41, 5.74) is 5.40. The summed E-state index contributed by atoms with van der Waals surface area (Å²) in [7, 11) is 0. The molecule has 1 aliphatic carbocycles. The first-order valence-electron chi connectivity index (χ1n) is 6.05. The molecule has 2 fully saturated rings. The fraction of sp³-hybridized carbons (Fsp3) is 0.818. The van der Waals surface area contributed by atoms with Crippen LogP contribution in [-0.4, -0.2) is 47.6 Å². The van der Waals surface area contributed by atoms with Crippen LogP contribution in [0.5, 0.6) is 0 Å². The van der Waals surface area contributed by atoms with E-state index in [1.54, 1.807) is 0 Å². The molecular formula is C11H18N3O2-. The van der Waals surface area contributed by atoms with Gasteiger partial charge in [-0.2, -0.15) is 0 Å². The molecule has 0 aromatic heterocycles. The van der Waals surface area contributed by atoms with Crippen molar-refractivity contribution in [2.45, 2.75) is 25.3 Å². The Bertz CT molecular complexity index is 291. The van der Waals surface area contributed by atoms with Crippen LogP contribution in [0.4, 0.5) is 0 Å². The number of hydrazine groups is 1. The van der Waals surface area contributed by atoms with Crippen LogP contribution in [0.25, 0.3) is 5.43 Å². The number of ether oxygens (including phenoxy) is 1. The van der Waals surface area contributed by atoms with Gasteiger partial charge in [0.2, 0.25) is 0 Å². The molecule has 1 saturated carbocycles. The van der Waals surface area contributed by atoms with Crippen molar-refractivity contribution in [3.05, 3.63) is 17.3 Å². The second kappa shape index (κ2) is 4.24. The second-order valence-corrected chi connectivity index (χ2v) is 4.69. The van der Waals surface area contributed by atoms with Gasteiger partial charge in [0.15, 0.2) is 0 Å². The minimum Gasteiger partial charge on any atom is -0.601 e. The number of aliphatic hydroxyl groups excluding tert-OH is 1. The predicted octanol–water partition coefficient (Wildman–Crippen LogP) is 0.840. The summed E-state index contributed by atoms with van der Waals surface area (Å²) in [6.07, 6.45) is 6.23. The lowest BCUT2D eigenvalue weighted by molar-refractivity contribution is -0.117. The van der Waals surface area contributed by atoms with Gasteiger partial charge in [-0.25, -0.2) is 0 Å². The number of fused-ring (bicyclic) bond motifs is 1. The maximum absolute atomic E-state index is 8.61. The van der Waals surface area contributed by atoms with E-state index in [1.807, 2.05) is 5.12 Å². The van der Waals surface area contributed by atoms with Crippen LogP contribution in [-0.2, 0) is 4.74 Å². The van der Waals surface area contributed by atoms with Crippen molar-refractivity contribution in [1.82, 2.24) is 10.1 Å². The van der Waals surface area contributed by atoms with E-state index in [9.17, 15) is 0 Å². The molecule has 5 heteroatoms. The van der Waals surface area contributed by atoms with Gasteiger partial charge in [-0.15, -0.1) is 5.70 Å². The fourth-order valence-corrected chi connectivity index (χ4v) is 2.50. The van der Waals surface area contributed by atoms with E-state index in [4.69, 9.17) is 9.84 Å². The van der Waals surface area contributed by atoms with Crippen LogP contribution in [0.3, 0.4) is 0 Å². The van der Waals surface area contributed by atoms with Crippen LogP contribution in [0.1, 0.15) is 19.3 Å². The molecule has 1 atom stereocenters. The SMILES string of the molecule is OCCOCC1=CN2C(C3CCC3)CN2[N-]1. The minimum absolute atomic E-state index is 0.0748. The maximum Gasteiger partial charge on any atom is 0.0701 e. The number of hydrogen-bond donors (Lipinski definition) is 1. The smallest absolute Gasteiger partial charge is 0.0701 e. The quantitative estimate of drug-likeness (QED) is 0.703. The van der Waals surface area contributed by atoms with E-state index in [1.165, 1.54) is 19.3 Å². The molecule has 3 rings (SSSR count). The summed E-state index contributed by atoms with van der Waals surface area (Å²) in [6.45, 7) is 2.03. The maximum atomic E-state index is 8.61. The molecule has 2 aliphatic heterocycles. The van der Waals surface area contributed by atoms with E-state index >= 15 is 0 Å². The predicted molar refractivity (Wildman–Crippen MR) is 59.0 cm³/mol. The minimum atomic E-state index is 0.0748. The zero-order valence-electron chi connectivity index (χ0n) is 9.38. The van der Waals surface area contributed by atoms with Crippen LogP contribution in [0, 0.1) is 5.92 Å². The molecule has 2 heterocycles. The van der Waals surface area contributed by atoms with Crippen LogP contribution >= 0.6 is 0 Å². The van der Waals surface area contributed by atoms with Crippen LogP contribution < -0.4 is 0 Å². The Morgan fingerprint density at radius 2 is 2.38 bits per heavy atom. The van der Waals surface area contributed by atoms with E-state index in [2.05, 4.69) is 16.6 Å². The van der Waals surface area contributed by atoms with Gasteiger partial charge >= 0.3 is 0 Å². The lowest BCUT2D eigenvalue weighted by atomic mass is 9.78. The molecule has 0 bridgehead atoms. The van der Waals surface area contributed by atoms with Crippen molar-refractivity contribution in [1.29, 1.82) is 0 Å². The molecule has 90 valence electrons. The molecular weight excluding hydrogens is 206 g/mol. The average Bonchev–Trinajstić information content (AvgIpc) is 2.50. The Morgan fingerprint density at radius 1 is 1.50 bits per heavy atom. The highest BCUT2D eigenvalue weighted by Gasteiger charge is 2.40. The van der Waals surface area contributed by atoms with Crippen molar-refractivity contribution < 1.29 is 9.84 Å². The van der Waals surface area contributed by atoms with Crippen molar-refractivity contribution >= 4 is 0 Å². The topological polar surface area (TPSA) is 50.0 Å². The first-order valence-corrected chi connectivity index (χ1v) is 6.05. The molecule has 1 unspecified atom stereocenters. The third-order valence-electron chi connectivity index (χ3n) is 3.66. The first kappa shape index (κ1) is 10.4. The zero-order valence-corrected chi connectivity index (χ0v) is 9.38. The third-order valence-corrected chi connectivity index (χ3v) is 3.66. The number of hydrogen-bond acceptors (Lipinski definition) is 4. The Hall–Kier alpha value is -0.780. The van der Waals surface area contributed by atoms with Gasteiger partial charge in [-0.1, -0.05) is 6.42 Å². The van der Waals surface area contributed by atoms with E-state index in [0.29, 0.717) is 19.3 Å². The monoisotopic (exact) mass is 224 g/mol. The van der Waals surface area contributed by atoms with Gasteiger partial charge < -0.3 is 20.3 Å².